The molecule has 0 saturated carbocycles. The Morgan fingerprint density at radius 1 is 0.828 bits per heavy atom. The van der Waals surface area contributed by atoms with Crippen molar-refractivity contribution in [2.45, 2.75) is 39.9 Å². The number of benzene rings is 2. The van der Waals surface area contributed by atoms with Crippen LogP contribution >= 0.6 is 23.8 Å². The molecule has 0 aliphatic heterocycles. The first-order valence-corrected chi connectivity index (χ1v) is 9.83. The predicted octanol–water partition coefficient (Wildman–Crippen LogP) is 5.28. The fourth-order valence-electron chi connectivity index (χ4n) is 2.33. The predicted molar refractivity (Wildman–Crippen MR) is 119 cm³/mol. The Balaban J connectivity index is 2.25. The smallest absolute Gasteiger partial charge is 0.338 e. The summed E-state index contributed by atoms with van der Waals surface area (Å²) in [6.07, 6.45) is -0.587. The van der Waals surface area contributed by atoms with Gasteiger partial charge in [-0.05, 0) is 82.4 Å². The molecule has 29 heavy (non-hydrogen) atoms. The number of carbonyl (C=O) groups excluding carboxylic acids is 2. The molecule has 2 aromatic rings. The summed E-state index contributed by atoms with van der Waals surface area (Å²) in [4.78, 5) is 24.7. The Kier molecular flexibility index (Phi) is 7.99. The lowest BCUT2D eigenvalue weighted by atomic mass is 10.1. The summed E-state index contributed by atoms with van der Waals surface area (Å²) < 4.78 is 10.5. The topological polar surface area (TPSA) is 76.7 Å². The van der Waals surface area contributed by atoms with Gasteiger partial charge in [-0.15, -0.1) is 0 Å². The van der Waals surface area contributed by atoms with Crippen molar-refractivity contribution in [1.29, 1.82) is 0 Å². The summed E-state index contributed by atoms with van der Waals surface area (Å²) in [7, 11) is 0. The van der Waals surface area contributed by atoms with E-state index in [0.717, 1.165) is 5.69 Å². The molecular formula is C21H23ClN2O4S. The Labute approximate surface area is 180 Å². The van der Waals surface area contributed by atoms with Crippen molar-refractivity contribution in [1.82, 2.24) is 0 Å². The van der Waals surface area contributed by atoms with Gasteiger partial charge in [-0.2, -0.15) is 0 Å². The van der Waals surface area contributed by atoms with Gasteiger partial charge in [-0.1, -0.05) is 11.6 Å². The van der Waals surface area contributed by atoms with Crippen molar-refractivity contribution in [2.75, 3.05) is 10.6 Å². The molecule has 6 nitrogen and oxygen atoms in total. The van der Waals surface area contributed by atoms with E-state index in [0.29, 0.717) is 10.7 Å². The van der Waals surface area contributed by atoms with E-state index in [9.17, 15) is 9.59 Å². The van der Waals surface area contributed by atoms with Gasteiger partial charge >= 0.3 is 11.9 Å². The zero-order valence-electron chi connectivity index (χ0n) is 16.6. The minimum Gasteiger partial charge on any atom is -0.459 e. The van der Waals surface area contributed by atoms with Crippen LogP contribution in [0.2, 0.25) is 5.02 Å². The summed E-state index contributed by atoms with van der Waals surface area (Å²) in [5, 5.41) is 6.88. The van der Waals surface area contributed by atoms with E-state index in [1.807, 2.05) is 0 Å². The maximum absolute atomic E-state index is 12.3. The maximum Gasteiger partial charge on any atom is 0.338 e. The Morgan fingerprint density at radius 2 is 1.28 bits per heavy atom. The molecular weight excluding hydrogens is 412 g/mol. The molecule has 8 heteroatoms. The third kappa shape index (κ3) is 7.36. The molecule has 0 amide bonds. The number of thiocarbonyl (C=S) groups is 1. The quantitative estimate of drug-likeness (QED) is 0.473. The second-order valence-electron chi connectivity index (χ2n) is 6.79. The lowest BCUT2D eigenvalue weighted by Gasteiger charge is -2.15. The van der Waals surface area contributed by atoms with E-state index >= 15 is 0 Å². The Bertz CT molecular complexity index is 858. The summed E-state index contributed by atoms with van der Waals surface area (Å²) in [6, 6.07) is 11.6. The first kappa shape index (κ1) is 22.6. The van der Waals surface area contributed by atoms with Crippen LogP contribution in [0.3, 0.4) is 0 Å². The second-order valence-corrected chi connectivity index (χ2v) is 7.64. The van der Waals surface area contributed by atoms with Crippen molar-refractivity contribution >= 4 is 52.2 Å². The molecule has 0 atom stereocenters. The number of esters is 2. The van der Waals surface area contributed by atoms with E-state index in [4.69, 9.17) is 33.3 Å². The van der Waals surface area contributed by atoms with Crippen LogP contribution in [0.1, 0.15) is 48.4 Å². The zero-order chi connectivity index (χ0) is 21.6. The minimum absolute atomic E-state index is 0.216. The normalized spacial score (nSPS) is 10.6. The number of hydrogen-bond donors (Lipinski definition) is 2. The Hall–Kier alpha value is -2.64. The van der Waals surface area contributed by atoms with Crippen LogP contribution < -0.4 is 10.6 Å². The average Bonchev–Trinajstić information content (AvgIpc) is 2.62. The van der Waals surface area contributed by atoms with Crippen molar-refractivity contribution in [3.05, 3.63) is 58.6 Å². The largest absolute Gasteiger partial charge is 0.459 e. The second kappa shape index (κ2) is 10.2. The van der Waals surface area contributed by atoms with Gasteiger partial charge in [-0.3, -0.25) is 0 Å². The van der Waals surface area contributed by atoms with Crippen molar-refractivity contribution in [3.8, 4) is 0 Å². The van der Waals surface area contributed by atoms with Crippen LogP contribution in [0.5, 0.6) is 0 Å². The average molecular weight is 435 g/mol. The molecule has 0 aliphatic carbocycles. The minimum atomic E-state index is -0.543. The fraction of sp³-hybridized carbons (Fsp3) is 0.286. The Morgan fingerprint density at radius 3 is 1.72 bits per heavy atom. The third-order valence-electron chi connectivity index (χ3n) is 3.45. The van der Waals surface area contributed by atoms with E-state index in [-0.39, 0.29) is 28.4 Å². The van der Waals surface area contributed by atoms with E-state index in [2.05, 4.69) is 10.6 Å². The number of carbonyl (C=O) groups is 2. The molecule has 0 radical (unpaired) electrons. The van der Waals surface area contributed by atoms with Gasteiger partial charge in [0.05, 0.1) is 23.3 Å². The summed E-state index contributed by atoms with van der Waals surface area (Å²) in [6.45, 7) is 7.00. The van der Waals surface area contributed by atoms with Gasteiger partial charge < -0.3 is 20.1 Å². The van der Waals surface area contributed by atoms with E-state index in [1.54, 1.807) is 64.1 Å². The molecule has 154 valence electrons. The molecule has 0 fully saturated rings. The van der Waals surface area contributed by atoms with Gasteiger partial charge in [0.2, 0.25) is 0 Å². The van der Waals surface area contributed by atoms with Crippen molar-refractivity contribution in [3.63, 3.8) is 0 Å². The molecule has 0 bridgehead atoms. The van der Waals surface area contributed by atoms with Crippen molar-refractivity contribution < 1.29 is 19.1 Å². The number of halogens is 1. The number of nitrogens with one attached hydrogen (secondary N) is 2. The van der Waals surface area contributed by atoms with Crippen LogP contribution in [-0.2, 0) is 9.47 Å². The molecule has 0 aliphatic rings. The number of ether oxygens (including phenoxy) is 2. The fourth-order valence-corrected chi connectivity index (χ4v) is 2.69. The highest BCUT2D eigenvalue weighted by Gasteiger charge is 2.17. The first-order chi connectivity index (χ1) is 13.6. The van der Waals surface area contributed by atoms with Crippen LogP contribution in [0.15, 0.2) is 42.5 Å². The first-order valence-electron chi connectivity index (χ1n) is 9.04. The summed E-state index contributed by atoms with van der Waals surface area (Å²) >= 11 is 11.2. The van der Waals surface area contributed by atoms with Crippen LogP contribution in [0.4, 0.5) is 11.4 Å². The van der Waals surface area contributed by atoms with Crippen LogP contribution in [0, 0.1) is 0 Å². The lowest BCUT2D eigenvalue weighted by molar-refractivity contribution is 0.0377. The zero-order valence-corrected chi connectivity index (χ0v) is 18.2. The molecule has 2 rings (SSSR count). The lowest BCUT2D eigenvalue weighted by Crippen LogP contribution is -2.20. The van der Waals surface area contributed by atoms with Gasteiger partial charge in [0.25, 0.3) is 0 Å². The third-order valence-corrected chi connectivity index (χ3v) is 3.91. The molecule has 0 unspecified atom stereocenters. The van der Waals surface area contributed by atoms with Crippen LogP contribution in [-0.4, -0.2) is 29.3 Å². The monoisotopic (exact) mass is 434 g/mol. The molecule has 2 aromatic carbocycles. The molecule has 2 N–H and O–H groups in total. The van der Waals surface area contributed by atoms with E-state index in [1.165, 1.54) is 6.07 Å². The van der Waals surface area contributed by atoms with Gasteiger partial charge in [0.15, 0.2) is 5.11 Å². The van der Waals surface area contributed by atoms with E-state index < -0.39 is 11.9 Å². The van der Waals surface area contributed by atoms with Crippen LogP contribution in [0.25, 0.3) is 0 Å². The number of rotatable bonds is 6. The standard InChI is InChI=1S/C21H23ClN2O4S/c1-12(2)27-19(25)14-9-15(20(26)28-13(3)4)11-18(10-14)24-21(29)23-17-7-5-16(22)6-8-17/h5-13H,1-4H3,(H2,23,24,29). The van der Waals surface area contributed by atoms with Gasteiger partial charge in [0, 0.05) is 16.4 Å². The highest BCUT2D eigenvalue weighted by Crippen LogP contribution is 2.19. The summed E-state index contributed by atoms with van der Waals surface area (Å²) in [5.74, 6) is -1.09. The highest BCUT2D eigenvalue weighted by atomic mass is 35.5. The highest BCUT2D eigenvalue weighted by molar-refractivity contribution is 7.80. The molecule has 0 saturated heterocycles. The molecule has 0 spiro atoms. The van der Waals surface area contributed by atoms with Gasteiger partial charge in [0.1, 0.15) is 0 Å². The van der Waals surface area contributed by atoms with Gasteiger partial charge in [-0.25, -0.2) is 9.59 Å². The summed E-state index contributed by atoms with van der Waals surface area (Å²) in [5.41, 5.74) is 1.62. The number of anilines is 2. The maximum atomic E-state index is 12.3. The SMILES string of the molecule is CC(C)OC(=O)c1cc(NC(=S)Nc2ccc(Cl)cc2)cc(C(=O)OC(C)C)c1. The van der Waals surface area contributed by atoms with Crippen molar-refractivity contribution in [2.24, 2.45) is 0 Å². The molecule has 0 aromatic heterocycles. The number of hydrogen-bond acceptors (Lipinski definition) is 5. The molecule has 0 heterocycles.